The summed E-state index contributed by atoms with van der Waals surface area (Å²) in [5.41, 5.74) is 0.970. The van der Waals surface area contributed by atoms with E-state index in [4.69, 9.17) is 4.74 Å². The molecule has 0 spiro atoms. The molecule has 4 rings (SSSR count). The molecule has 1 aliphatic heterocycles. The van der Waals surface area contributed by atoms with Crippen molar-refractivity contribution in [3.8, 4) is 11.5 Å². The van der Waals surface area contributed by atoms with Gasteiger partial charge in [-0.3, -0.25) is 4.79 Å². The fourth-order valence-corrected chi connectivity index (χ4v) is 5.41. The van der Waals surface area contributed by atoms with Crippen LogP contribution in [-0.2, 0) is 21.2 Å². The van der Waals surface area contributed by atoms with Crippen molar-refractivity contribution in [2.45, 2.75) is 30.9 Å². The van der Waals surface area contributed by atoms with E-state index in [-0.39, 0.29) is 17.0 Å². The Kier molecular flexibility index (Phi) is 6.06. The van der Waals surface area contributed by atoms with Gasteiger partial charge in [0.1, 0.15) is 17.3 Å². The zero-order valence-corrected chi connectivity index (χ0v) is 17.5. The molecule has 0 aromatic heterocycles. The Labute approximate surface area is 176 Å². The van der Waals surface area contributed by atoms with Gasteiger partial charge in [-0.1, -0.05) is 12.1 Å². The first-order valence-corrected chi connectivity index (χ1v) is 11.7. The molecule has 1 aliphatic carbocycles. The minimum Gasteiger partial charge on any atom is -0.457 e. The van der Waals surface area contributed by atoms with Gasteiger partial charge < -0.3 is 9.64 Å². The predicted molar refractivity (Wildman–Crippen MR) is 111 cm³/mol. The van der Waals surface area contributed by atoms with E-state index in [1.807, 2.05) is 24.3 Å². The highest BCUT2D eigenvalue weighted by Crippen LogP contribution is 2.31. The maximum Gasteiger partial charge on any atom is 0.222 e. The van der Waals surface area contributed by atoms with E-state index >= 15 is 0 Å². The van der Waals surface area contributed by atoms with Crippen molar-refractivity contribution < 1.29 is 22.3 Å². The van der Waals surface area contributed by atoms with Crippen molar-refractivity contribution in [3.63, 3.8) is 0 Å². The van der Waals surface area contributed by atoms with Crippen molar-refractivity contribution in [1.82, 2.24) is 9.21 Å². The number of hydrogen-bond donors (Lipinski definition) is 0. The number of nitrogens with zero attached hydrogens (tertiary/aromatic N) is 2. The molecule has 1 heterocycles. The summed E-state index contributed by atoms with van der Waals surface area (Å²) in [4.78, 5) is 14.3. The van der Waals surface area contributed by atoms with Gasteiger partial charge >= 0.3 is 0 Å². The Morgan fingerprint density at radius 2 is 1.70 bits per heavy atom. The Bertz CT molecular complexity index is 998. The van der Waals surface area contributed by atoms with Gasteiger partial charge in [-0.25, -0.2) is 12.8 Å². The van der Waals surface area contributed by atoms with Crippen LogP contribution in [0.1, 0.15) is 24.8 Å². The van der Waals surface area contributed by atoms with E-state index in [0.717, 1.165) is 18.4 Å². The van der Waals surface area contributed by atoms with E-state index in [0.29, 0.717) is 50.5 Å². The van der Waals surface area contributed by atoms with Crippen molar-refractivity contribution in [2.75, 3.05) is 26.2 Å². The number of piperazine rings is 1. The van der Waals surface area contributed by atoms with Gasteiger partial charge in [0.2, 0.25) is 15.9 Å². The Balaban J connectivity index is 1.27. The fraction of sp³-hybridized carbons (Fsp3) is 0.409. The number of aryl methyl sites for hydroxylation is 1. The number of halogens is 1. The number of amides is 1. The molecular formula is C22H25FN2O4S. The summed E-state index contributed by atoms with van der Waals surface area (Å²) in [6.45, 7) is 1.65. The second kappa shape index (κ2) is 8.73. The number of sulfonamides is 1. The summed E-state index contributed by atoms with van der Waals surface area (Å²) in [5.74, 6) is 0.887. The second-order valence-electron chi connectivity index (χ2n) is 7.73. The topological polar surface area (TPSA) is 66.9 Å². The average molecular weight is 433 g/mol. The largest absolute Gasteiger partial charge is 0.457 e. The molecule has 160 valence electrons. The lowest BCUT2D eigenvalue weighted by Gasteiger charge is -2.34. The molecule has 0 bridgehead atoms. The summed E-state index contributed by atoms with van der Waals surface area (Å²) in [5, 5.41) is -0.204. The zero-order chi connectivity index (χ0) is 21.1. The molecule has 2 aromatic carbocycles. The third kappa shape index (κ3) is 4.99. The molecule has 30 heavy (non-hydrogen) atoms. The van der Waals surface area contributed by atoms with Gasteiger partial charge in [0, 0.05) is 32.6 Å². The minimum atomic E-state index is -3.17. The molecule has 1 saturated carbocycles. The van der Waals surface area contributed by atoms with Crippen LogP contribution in [-0.4, -0.2) is 55.0 Å². The van der Waals surface area contributed by atoms with Crippen LogP contribution in [0.2, 0.25) is 0 Å². The Morgan fingerprint density at radius 3 is 2.37 bits per heavy atom. The highest BCUT2D eigenvalue weighted by atomic mass is 32.2. The molecule has 6 nitrogen and oxygen atoms in total. The number of carbonyl (C=O) groups excluding carboxylic acids is 1. The van der Waals surface area contributed by atoms with Crippen LogP contribution in [0.5, 0.6) is 11.5 Å². The molecule has 8 heteroatoms. The summed E-state index contributed by atoms with van der Waals surface area (Å²) >= 11 is 0. The lowest BCUT2D eigenvalue weighted by atomic mass is 10.1. The number of hydrogen-bond acceptors (Lipinski definition) is 4. The number of carbonyl (C=O) groups is 1. The van der Waals surface area contributed by atoms with Gasteiger partial charge in [-0.05, 0) is 61.2 Å². The quantitative estimate of drug-likeness (QED) is 0.674. The second-order valence-corrected chi connectivity index (χ2v) is 9.94. The molecule has 1 amide bonds. The molecule has 2 aromatic rings. The molecule has 0 radical (unpaired) electrons. The van der Waals surface area contributed by atoms with E-state index in [1.54, 1.807) is 17.0 Å². The smallest absolute Gasteiger partial charge is 0.222 e. The molecular weight excluding hydrogens is 407 g/mol. The Hall–Kier alpha value is -2.45. The molecule has 1 saturated heterocycles. The van der Waals surface area contributed by atoms with E-state index in [1.165, 1.54) is 16.4 Å². The monoisotopic (exact) mass is 432 g/mol. The third-order valence-electron chi connectivity index (χ3n) is 5.47. The van der Waals surface area contributed by atoms with Crippen LogP contribution < -0.4 is 4.74 Å². The highest BCUT2D eigenvalue weighted by molar-refractivity contribution is 7.90. The van der Waals surface area contributed by atoms with Gasteiger partial charge in [-0.15, -0.1) is 0 Å². The van der Waals surface area contributed by atoms with Crippen molar-refractivity contribution in [2.24, 2.45) is 0 Å². The maximum atomic E-state index is 13.0. The summed E-state index contributed by atoms with van der Waals surface area (Å²) in [6.07, 6.45) is 2.44. The van der Waals surface area contributed by atoms with Gasteiger partial charge in [-0.2, -0.15) is 4.31 Å². The van der Waals surface area contributed by atoms with E-state index < -0.39 is 10.0 Å². The van der Waals surface area contributed by atoms with Crippen LogP contribution in [0.4, 0.5) is 4.39 Å². The fourth-order valence-electron chi connectivity index (χ4n) is 3.58. The SMILES string of the molecule is O=C(CCc1cccc(Oc2ccc(F)cc2)c1)N1CCN(S(=O)(=O)C2CC2)CC1. The predicted octanol–water partition coefficient (Wildman–Crippen LogP) is 3.19. The lowest BCUT2D eigenvalue weighted by molar-refractivity contribution is -0.132. The molecule has 0 atom stereocenters. The van der Waals surface area contributed by atoms with Crippen molar-refractivity contribution in [1.29, 1.82) is 0 Å². The van der Waals surface area contributed by atoms with Gasteiger partial charge in [0.15, 0.2) is 0 Å². The van der Waals surface area contributed by atoms with Crippen LogP contribution in [0, 0.1) is 5.82 Å². The highest BCUT2D eigenvalue weighted by Gasteiger charge is 2.41. The van der Waals surface area contributed by atoms with E-state index in [2.05, 4.69) is 0 Å². The summed E-state index contributed by atoms with van der Waals surface area (Å²) in [7, 11) is -3.17. The summed E-state index contributed by atoms with van der Waals surface area (Å²) < 4.78 is 44.9. The normalized spacial score (nSPS) is 17.7. The lowest BCUT2D eigenvalue weighted by Crippen LogP contribution is -2.51. The van der Waals surface area contributed by atoms with Crippen LogP contribution in [0.25, 0.3) is 0 Å². The van der Waals surface area contributed by atoms with Crippen LogP contribution >= 0.6 is 0 Å². The zero-order valence-electron chi connectivity index (χ0n) is 16.7. The molecule has 2 fully saturated rings. The van der Waals surface area contributed by atoms with Gasteiger partial charge in [0.25, 0.3) is 0 Å². The van der Waals surface area contributed by atoms with Crippen molar-refractivity contribution in [3.05, 3.63) is 59.9 Å². The maximum absolute atomic E-state index is 13.0. The molecule has 0 unspecified atom stereocenters. The number of benzene rings is 2. The van der Waals surface area contributed by atoms with Crippen LogP contribution in [0.3, 0.4) is 0 Å². The molecule has 0 N–H and O–H groups in total. The first kappa shape index (κ1) is 20.8. The summed E-state index contributed by atoms with van der Waals surface area (Å²) in [6, 6.07) is 13.3. The minimum absolute atomic E-state index is 0.0309. The van der Waals surface area contributed by atoms with Gasteiger partial charge in [0.05, 0.1) is 5.25 Å². The average Bonchev–Trinajstić information content (AvgIpc) is 3.60. The third-order valence-corrected chi connectivity index (χ3v) is 7.87. The standard InChI is InChI=1S/C22H25FN2O4S/c23-18-5-7-19(8-6-18)29-20-3-1-2-17(16-20)4-11-22(26)24-12-14-25(15-13-24)30(27,28)21-9-10-21/h1-3,5-8,16,21H,4,9-15H2. The number of rotatable bonds is 7. The number of ether oxygens (including phenoxy) is 1. The van der Waals surface area contributed by atoms with Crippen molar-refractivity contribution >= 4 is 15.9 Å². The van der Waals surface area contributed by atoms with Crippen LogP contribution in [0.15, 0.2) is 48.5 Å². The molecule has 2 aliphatic rings. The first-order valence-electron chi connectivity index (χ1n) is 10.2. The Morgan fingerprint density at radius 1 is 1.00 bits per heavy atom. The first-order chi connectivity index (χ1) is 14.4. The van der Waals surface area contributed by atoms with E-state index in [9.17, 15) is 17.6 Å².